The number of aromatic nitrogens is 2. The molecule has 1 saturated heterocycles. The van der Waals surface area contributed by atoms with Gasteiger partial charge in [-0.05, 0) is 48.4 Å². The number of rotatable bonds is 8. The number of ether oxygens (including phenoxy) is 1. The number of morpholine rings is 1. The molecule has 10 heteroatoms. The van der Waals surface area contributed by atoms with E-state index in [1.807, 2.05) is 16.7 Å². The van der Waals surface area contributed by atoms with Crippen molar-refractivity contribution in [2.75, 3.05) is 36.6 Å². The zero-order valence-corrected chi connectivity index (χ0v) is 18.4. The van der Waals surface area contributed by atoms with Crippen LogP contribution < -0.4 is 16.0 Å². The molecule has 4 rings (SSSR count). The summed E-state index contributed by atoms with van der Waals surface area (Å²) in [6.45, 7) is 1.39. The highest BCUT2D eigenvalue weighted by Crippen LogP contribution is 2.27. The van der Waals surface area contributed by atoms with Crippen molar-refractivity contribution in [2.24, 2.45) is 5.73 Å². The number of imidazole rings is 1. The van der Waals surface area contributed by atoms with E-state index in [9.17, 15) is 19.5 Å². The van der Waals surface area contributed by atoms with E-state index in [2.05, 4.69) is 10.3 Å². The largest absolute Gasteiger partial charge is 0.396 e. The number of hydrogen-bond acceptors (Lipinski definition) is 6. The van der Waals surface area contributed by atoms with Gasteiger partial charge in [-0.1, -0.05) is 12.1 Å². The molecule has 0 saturated carbocycles. The van der Waals surface area contributed by atoms with Crippen LogP contribution in [-0.4, -0.2) is 58.7 Å². The molecule has 3 amide bonds. The number of hydrogen-bond donors (Lipinski definition) is 3. The van der Waals surface area contributed by atoms with E-state index >= 15 is 0 Å². The van der Waals surface area contributed by atoms with Crippen molar-refractivity contribution in [3.63, 3.8) is 0 Å². The quantitative estimate of drug-likeness (QED) is 0.433. The number of nitrogens with one attached hydrogen (secondary N) is 1. The first-order valence-electron chi connectivity index (χ1n) is 10.8. The molecule has 3 aromatic rings. The highest BCUT2D eigenvalue weighted by molar-refractivity contribution is 6.05. The summed E-state index contributed by atoms with van der Waals surface area (Å²) in [6.07, 6.45) is 3.23. The maximum atomic E-state index is 13.0. The fourth-order valence-corrected chi connectivity index (χ4v) is 3.76. The van der Waals surface area contributed by atoms with Crippen LogP contribution in [-0.2, 0) is 20.9 Å². The summed E-state index contributed by atoms with van der Waals surface area (Å²) in [5, 5.41) is 12.2. The summed E-state index contributed by atoms with van der Waals surface area (Å²) in [5.74, 6) is -0.745. The zero-order chi connectivity index (χ0) is 24.1. The normalized spacial score (nSPS) is 14.1. The van der Waals surface area contributed by atoms with Gasteiger partial charge in [0.1, 0.15) is 6.61 Å². The second kappa shape index (κ2) is 10.3. The van der Waals surface area contributed by atoms with Crippen molar-refractivity contribution in [3.05, 3.63) is 59.7 Å². The number of aliphatic hydroxyl groups excluding tert-OH is 1. The fourth-order valence-electron chi connectivity index (χ4n) is 3.76. The molecule has 2 aromatic carbocycles. The second-order valence-electron chi connectivity index (χ2n) is 7.75. The lowest BCUT2D eigenvalue weighted by atomic mass is 10.1. The Kier molecular flexibility index (Phi) is 7.00. The predicted molar refractivity (Wildman–Crippen MR) is 127 cm³/mol. The predicted octanol–water partition coefficient (Wildman–Crippen LogP) is 1.53. The Balaban J connectivity index is 1.64. The molecule has 10 nitrogen and oxygen atoms in total. The molecule has 4 N–H and O–H groups in total. The second-order valence-corrected chi connectivity index (χ2v) is 7.75. The Hall–Kier alpha value is -4.02. The Labute approximate surface area is 195 Å². The van der Waals surface area contributed by atoms with Crippen LogP contribution in [0.25, 0.3) is 17.1 Å². The van der Waals surface area contributed by atoms with Gasteiger partial charge in [-0.3, -0.25) is 19.7 Å². The number of aryl methyl sites for hydroxylation is 1. The third-order valence-electron chi connectivity index (χ3n) is 5.38. The molecular weight excluding hydrogens is 438 g/mol. The van der Waals surface area contributed by atoms with Gasteiger partial charge >= 0.3 is 0 Å². The van der Waals surface area contributed by atoms with Gasteiger partial charge in [0.15, 0.2) is 0 Å². The molecule has 1 aromatic heterocycles. The first-order valence-corrected chi connectivity index (χ1v) is 10.8. The molecule has 0 aliphatic carbocycles. The van der Waals surface area contributed by atoms with Gasteiger partial charge < -0.3 is 25.0 Å². The number of amides is 3. The Morgan fingerprint density at radius 3 is 2.85 bits per heavy atom. The van der Waals surface area contributed by atoms with E-state index in [-0.39, 0.29) is 25.0 Å². The number of carbonyl (C=O) groups is 3. The van der Waals surface area contributed by atoms with E-state index in [1.165, 1.54) is 12.2 Å². The average molecular weight is 463 g/mol. The minimum absolute atomic E-state index is 0.0122. The lowest BCUT2D eigenvalue weighted by Crippen LogP contribution is -2.41. The molecule has 1 aliphatic heterocycles. The minimum Gasteiger partial charge on any atom is -0.396 e. The van der Waals surface area contributed by atoms with Gasteiger partial charge in [-0.15, -0.1) is 0 Å². The highest BCUT2D eigenvalue weighted by Gasteiger charge is 2.22. The third kappa shape index (κ3) is 5.13. The number of aliphatic hydroxyl groups is 1. The van der Waals surface area contributed by atoms with Gasteiger partial charge in [0.25, 0.3) is 11.8 Å². The monoisotopic (exact) mass is 463 g/mol. The zero-order valence-electron chi connectivity index (χ0n) is 18.4. The van der Waals surface area contributed by atoms with Crippen LogP contribution in [0.3, 0.4) is 0 Å². The first-order chi connectivity index (χ1) is 16.5. The van der Waals surface area contributed by atoms with Crippen molar-refractivity contribution >= 4 is 46.5 Å². The maximum absolute atomic E-state index is 13.0. The van der Waals surface area contributed by atoms with Crippen LogP contribution in [0.4, 0.5) is 11.6 Å². The van der Waals surface area contributed by atoms with Crippen LogP contribution in [0.1, 0.15) is 22.3 Å². The average Bonchev–Trinajstić information content (AvgIpc) is 3.17. The number of fused-ring (bicyclic) bond motifs is 1. The topological polar surface area (TPSA) is 140 Å². The lowest BCUT2D eigenvalue weighted by molar-refractivity contribution is -0.125. The van der Waals surface area contributed by atoms with E-state index in [0.29, 0.717) is 54.4 Å². The molecule has 176 valence electrons. The fraction of sp³-hybridized carbons (Fsp3) is 0.250. The van der Waals surface area contributed by atoms with Gasteiger partial charge in [0.05, 0.1) is 17.6 Å². The van der Waals surface area contributed by atoms with Gasteiger partial charge in [0, 0.05) is 37.0 Å². The van der Waals surface area contributed by atoms with E-state index in [0.717, 1.165) is 5.52 Å². The number of anilines is 2. The summed E-state index contributed by atoms with van der Waals surface area (Å²) < 4.78 is 7.02. The summed E-state index contributed by atoms with van der Waals surface area (Å²) in [7, 11) is 0. The van der Waals surface area contributed by atoms with Crippen molar-refractivity contribution < 1.29 is 24.2 Å². The van der Waals surface area contributed by atoms with E-state index in [1.54, 1.807) is 35.2 Å². The van der Waals surface area contributed by atoms with Gasteiger partial charge in [-0.25, -0.2) is 4.98 Å². The SMILES string of the molecule is NC(=O)C=Cc1cccc(C(=O)Nc2nc3cc(N4CCOCC4=O)ccc3n2CCCO)c1. The Morgan fingerprint density at radius 2 is 2.09 bits per heavy atom. The molecule has 0 bridgehead atoms. The molecule has 2 heterocycles. The van der Waals surface area contributed by atoms with E-state index in [4.69, 9.17) is 10.5 Å². The molecule has 1 fully saturated rings. The lowest BCUT2D eigenvalue weighted by Gasteiger charge is -2.26. The number of primary amides is 1. The third-order valence-corrected chi connectivity index (χ3v) is 5.38. The first kappa shape index (κ1) is 23.1. The Bertz CT molecular complexity index is 1270. The Morgan fingerprint density at radius 1 is 1.24 bits per heavy atom. The number of carbonyl (C=O) groups excluding carboxylic acids is 3. The summed E-state index contributed by atoms with van der Waals surface area (Å²) in [6, 6.07) is 12.2. The molecule has 0 unspecified atom stereocenters. The molecule has 1 aliphatic rings. The van der Waals surface area contributed by atoms with Crippen molar-refractivity contribution in [2.45, 2.75) is 13.0 Å². The molecule has 0 radical (unpaired) electrons. The van der Waals surface area contributed by atoms with Crippen LogP contribution >= 0.6 is 0 Å². The number of nitrogens with two attached hydrogens (primary N) is 1. The van der Waals surface area contributed by atoms with E-state index < -0.39 is 5.91 Å². The van der Waals surface area contributed by atoms with Crippen LogP contribution in [0.15, 0.2) is 48.5 Å². The van der Waals surface area contributed by atoms with Crippen molar-refractivity contribution in [3.8, 4) is 0 Å². The smallest absolute Gasteiger partial charge is 0.257 e. The van der Waals surface area contributed by atoms with Gasteiger partial charge in [-0.2, -0.15) is 0 Å². The standard InChI is InChI=1S/C24H25N5O5/c25-21(31)8-5-16-3-1-4-17(13-16)23(33)27-24-26-19-14-18(28-10-12-34-15-22(28)32)6-7-20(19)29(24)9-2-11-30/h1,3-8,13-14,30H,2,9-12,15H2,(H2,25,31)(H,26,27,33). The van der Waals surface area contributed by atoms with Crippen LogP contribution in [0.2, 0.25) is 0 Å². The molecule has 0 spiro atoms. The van der Waals surface area contributed by atoms with Crippen LogP contribution in [0.5, 0.6) is 0 Å². The molecule has 0 atom stereocenters. The minimum atomic E-state index is -0.578. The summed E-state index contributed by atoms with van der Waals surface area (Å²) in [5.41, 5.74) is 8.26. The van der Waals surface area contributed by atoms with Crippen molar-refractivity contribution in [1.82, 2.24) is 9.55 Å². The maximum Gasteiger partial charge on any atom is 0.257 e. The number of nitrogens with zero attached hydrogens (tertiary/aromatic N) is 3. The van der Waals surface area contributed by atoms with Crippen LogP contribution in [0, 0.1) is 0 Å². The summed E-state index contributed by atoms with van der Waals surface area (Å²) in [4.78, 5) is 42.4. The van der Waals surface area contributed by atoms with Crippen molar-refractivity contribution in [1.29, 1.82) is 0 Å². The molecular formula is C24H25N5O5. The number of benzene rings is 2. The highest BCUT2D eigenvalue weighted by atomic mass is 16.5. The molecule has 34 heavy (non-hydrogen) atoms. The summed E-state index contributed by atoms with van der Waals surface area (Å²) >= 11 is 0. The van der Waals surface area contributed by atoms with Gasteiger partial charge in [0.2, 0.25) is 11.9 Å².